The highest BCUT2D eigenvalue weighted by atomic mass is 32.2. The summed E-state index contributed by atoms with van der Waals surface area (Å²) < 4.78 is 32.6. The number of rotatable bonds is 2. The molecule has 0 bridgehead atoms. The second-order valence-corrected chi connectivity index (χ2v) is 8.07. The van der Waals surface area contributed by atoms with Gasteiger partial charge in [-0.05, 0) is 36.4 Å². The van der Waals surface area contributed by atoms with E-state index >= 15 is 0 Å². The molecule has 0 unspecified atom stereocenters. The highest BCUT2D eigenvalue weighted by Crippen LogP contribution is 2.47. The average molecular weight is 384 g/mol. The Bertz CT molecular complexity index is 1000. The maximum absolute atomic E-state index is 13.9. The van der Waals surface area contributed by atoms with Crippen LogP contribution in [-0.2, 0) is 15.6 Å². The van der Waals surface area contributed by atoms with E-state index in [1.54, 1.807) is 42.3 Å². The molecule has 0 fully saturated rings. The monoisotopic (exact) mass is 384 g/mol. The summed E-state index contributed by atoms with van der Waals surface area (Å²) in [5.41, 5.74) is 1.80. The standard InChI is InChI=1S/C21H16F2NO2S/c1-24-17-11-14(22)6-8-19(17)27(20-9-7-15(23)12-18(20)24)16-5-3-4-13(10-16)21(25)26-2/h3-12H,1-2H3/q+1. The number of hydrogen-bond acceptors (Lipinski definition) is 3. The van der Waals surface area contributed by atoms with Gasteiger partial charge in [0.2, 0.25) is 0 Å². The van der Waals surface area contributed by atoms with Crippen LogP contribution in [0.25, 0.3) is 0 Å². The van der Waals surface area contributed by atoms with Crippen LogP contribution >= 0.6 is 0 Å². The summed E-state index contributed by atoms with van der Waals surface area (Å²) in [4.78, 5) is 16.5. The zero-order chi connectivity index (χ0) is 19.1. The second-order valence-electron chi connectivity index (χ2n) is 6.11. The summed E-state index contributed by atoms with van der Waals surface area (Å²) in [6, 6.07) is 16.4. The third kappa shape index (κ3) is 2.96. The van der Waals surface area contributed by atoms with Gasteiger partial charge in [0.25, 0.3) is 0 Å². The molecule has 3 aromatic rings. The van der Waals surface area contributed by atoms with E-state index in [9.17, 15) is 13.6 Å². The number of fused-ring (bicyclic) bond motifs is 2. The third-order valence-corrected chi connectivity index (χ3v) is 6.79. The lowest BCUT2D eigenvalue weighted by atomic mass is 10.2. The van der Waals surface area contributed by atoms with Crippen LogP contribution in [0.2, 0.25) is 0 Å². The Balaban J connectivity index is 1.96. The number of carbonyl (C=O) groups is 1. The normalized spacial score (nSPS) is 13.1. The number of halogens is 2. The molecule has 1 heterocycles. The number of esters is 1. The average Bonchev–Trinajstić information content (AvgIpc) is 2.68. The van der Waals surface area contributed by atoms with E-state index < -0.39 is 16.9 Å². The van der Waals surface area contributed by atoms with Crippen molar-refractivity contribution in [2.24, 2.45) is 0 Å². The molecule has 0 aliphatic carbocycles. The van der Waals surface area contributed by atoms with E-state index in [0.717, 1.165) is 14.7 Å². The summed E-state index contributed by atoms with van der Waals surface area (Å²) >= 11 is 0. The number of nitrogens with zero attached hydrogens (tertiary/aromatic N) is 1. The van der Waals surface area contributed by atoms with Crippen molar-refractivity contribution in [1.29, 1.82) is 0 Å². The quantitative estimate of drug-likeness (QED) is 0.464. The van der Waals surface area contributed by atoms with E-state index in [4.69, 9.17) is 4.74 Å². The van der Waals surface area contributed by atoms with Gasteiger partial charge in [-0.2, -0.15) is 0 Å². The summed E-state index contributed by atoms with van der Waals surface area (Å²) in [5.74, 6) is -1.13. The van der Waals surface area contributed by atoms with E-state index in [2.05, 4.69) is 0 Å². The second kappa shape index (κ2) is 6.70. The van der Waals surface area contributed by atoms with Crippen LogP contribution in [0, 0.1) is 11.6 Å². The highest BCUT2D eigenvalue weighted by Gasteiger charge is 2.40. The number of benzene rings is 3. The maximum atomic E-state index is 13.9. The molecule has 0 radical (unpaired) electrons. The van der Waals surface area contributed by atoms with Gasteiger partial charge in [0.1, 0.15) is 33.9 Å². The molecular weight excluding hydrogens is 368 g/mol. The van der Waals surface area contributed by atoms with Gasteiger partial charge in [-0.1, -0.05) is 6.07 Å². The fourth-order valence-electron chi connectivity index (χ4n) is 3.22. The molecule has 27 heavy (non-hydrogen) atoms. The van der Waals surface area contributed by atoms with Crippen molar-refractivity contribution >= 4 is 28.2 Å². The molecule has 1 aliphatic rings. The van der Waals surface area contributed by atoms with Crippen molar-refractivity contribution in [3.63, 3.8) is 0 Å². The minimum Gasteiger partial charge on any atom is -0.465 e. The first-order chi connectivity index (χ1) is 13.0. The zero-order valence-electron chi connectivity index (χ0n) is 14.7. The minimum atomic E-state index is -0.607. The maximum Gasteiger partial charge on any atom is 0.338 e. The lowest BCUT2D eigenvalue weighted by Crippen LogP contribution is -2.23. The van der Waals surface area contributed by atoms with Crippen molar-refractivity contribution in [2.45, 2.75) is 14.7 Å². The van der Waals surface area contributed by atoms with Gasteiger partial charge in [0.05, 0.1) is 12.7 Å². The first-order valence-corrected chi connectivity index (χ1v) is 9.47. The summed E-state index contributed by atoms with van der Waals surface area (Å²) in [7, 11) is 2.52. The SMILES string of the molecule is COC(=O)c1cccc([S+]2c3ccc(F)cc3N(C)c3cc(F)ccc32)c1. The number of anilines is 2. The van der Waals surface area contributed by atoms with Crippen molar-refractivity contribution in [2.75, 3.05) is 19.1 Å². The Labute approximate surface area is 158 Å². The summed E-state index contributed by atoms with van der Waals surface area (Å²) in [5, 5.41) is 0. The van der Waals surface area contributed by atoms with Crippen LogP contribution < -0.4 is 4.90 Å². The highest BCUT2D eigenvalue weighted by molar-refractivity contribution is 7.97. The van der Waals surface area contributed by atoms with Gasteiger partial charge in [0.15, 0.2) is 14.7 Å². The molecule has 136 valence electrons. The Morgan fingerprint density at radius 3 is 2.07 bits per heavy atom. The molecule has 0 saturated carbocycles. The van der Waals surface area contributed by atoms with E-state index in [-0.39, 0.29) is 11.6 Å². The van der Waals surface area contributed by atoms with Gasteiger partial charge in [0, 0.05) is 25.2 Å². The largest absolute Gasteiger partial charge is 0.465 e. The number of hydrogen-bond donors (Lipinski definition) is 0. The van der Waals surface area contributed by atoms with Crippen LogP contribution in [0.5, 0.6) is 0 Å². The van der Waals surface area contributed by atoms with Gasteiger partial charge in [-0.3, -0.25) is 0 Å². The Morgan fingerprint density at radius 1 is 0.926 bits per heavy atom. The molecule has 0 N–H and O–H groups in total. The molecular formula is C21H16F2NO2S+. The zero-order valence-corrected chi connectivity index (χ0v) is 15.5. The van der Waals surface area contributed by atoms with E-state index in [1.165, 1.54) is 31.4 Å². The molecule has 6 heteroatoms. The Kier molecular flexibility index (Phi) is 4.36. The smallest absolute Gasteiger partial charge is 0.338 e. The molecule has 0 amide bonds. The molecule has 0 spiro atoms. The molecule has 4 rings (SSSR count). The number of ether oxygens (including phenoxy) is 1. The minimum absolute atomic E-state index is 0.354. The van der Waals surface area contributed by atoms with Gasteiger partial charge in [-0.15, -0.1) is 0 Å². The number of carbonyl (C=O) groups excluding carboxylic acids is 1. The lowest BCUT2D eigenvalue weighted by molar-refractivity contribution is 0.0600. The lowest BCUT2D eigenvalue weighted by Gasteiger charge is -2.28. The first-order valence-electron chi connectivity index (χ1n) is 8.25. The predicted octanol–water partition coefficient (Wildman–Crippen LogP) is 4.93. The van der Waals surface area contributed by atoms with Crippen LogP contribution in [0.15, 0.2) is 75.4 Å². The van der Waals surface area contributed by atoms with Crippen molar-refractivity contribution in [3.05, 3.63) is 77.9 Å². The Hall–Kier alpha value is -2.86. The van der Waals surface area contributed by atoms with Crippen LogP contribution in [-0.4, -0.2) is 20.1 Å². The number of methoxy groups -OCH3 is 1. The Morgan fingerprint density at radius 2 is 1.52 bits per heavy atom. The molecule has 0 saturated heterocycles. The van der Waals surface area contributed by atoms with Crippen LogP contribution in [0.1, 0.15) is 10.4 Å². The van der Waals surface area contributed by atoms with Crippen molar-refractivity contribution in [1.82, 2.24) is 0 Å². The molecule has 3 aromatic carbocycles. The van der Waals surface area contributed by atoms with Crippen molar-refractivity contribution in [3.8, 4) is 0 Å². The predicted molar refractivity (Wildman–Crippen MR) is 101 cm³/mol. The molecule has 3 nitrogen and oxygen atoms in total. The van der Waals surface area contributed by atoms with Gasteiger partial charge in [-0.25, -0.2) is 13.6 Å². The fraction of sp³-hybridized carbons (Fsp3) is 0.0952. The van der Waals surface area contributed by atoms with E-state index in [1.807, 2.05) is 6.07 Å². The summed E-state index contributed by atoms with van der Waals surface area (Å²) in [6.07, 6.45) is 0. The van der Waals surface area contributed by atoms with Gasteiger partial charge < -0.3 is 9.64 Å². The van der Waals surface area contributed by atoms with Crippen LogP contribution in [0.4, 0.5) is 20.2 Å². The molecule has 0 atom stereocenters. The van der Waals surface area contributed by atoms with Crippen molar-refractivity contribution < 1.29 is 18.3 Å². The van der Waals surface area contributed by atoms with Crippen LogP contribution in [0.3, 0.4) is 0 Å². The van der Waals surface area contributed by atoms with E-state index in [0.29, 0.717) is 16.9 Å². The molecule has 0 aromatic heterocycles. The topological polar surface area (TPSA) is 29.5 Å². The summed E-state index contributed by atoms with van der Waals surface area (Å²) in [6.45, 7) is 0. The molecule has 1 aliphatic heterocycles. The first kappa shape index (κ1) is 17.5. The third-order valence-electron chi connectivity index (χ3n) is 4.50. The van der Waals surface area contributed by atoms with Gasteiger partial charge >= 0.3 is 5.97 Å². The fourth-order valence-corrected chi connectivity index (χ4v) is 5.64.